The molecule has 10 nitrogen and oxygen atoms in total. The Hall–Kier alpha value is -6.50. The number of rotatable bonds is 9. The Kier molecular flexibility index (Phi) is 8.40. The summed E-state index contributed by atoms with van der Waals surface area (Å²) in [4.78, 5) is 9.61. The normalized spacial score (nSPS) is 12.2. The van der Waals surface area contributed by atoms with E-state index in [1.807, 2.05) is 92.1 Å². The molecule has 0 aliphatic heterocycles. The fourth-order valence-electron chi connectivity index (χ4n) is 6.96. The van der Waals surface area contributed by atoms with Gasteiger partial charge in [0, 0.05) is 17.3 Å². The van der Waals surface area contributed by atoms with Crippen LogP contribution < -0.4 is 8.37 Å². The maximum atomic E-state index is 14.0. The molecule has 2 heterocycles. The van der Waals surface area contributed by atoms with Gasteiger partial charge in [0.15, 0.2) is 17.1 Å². The Balaban J connectivity index is 1.33. The van der Waals surface area contributed by atoms with Crippen molar-refractivity contribution in [1.82, 2.24) is 14.5 Å². The molecule has 0 aliphatic rings. The van der Waals surface area contributed by atoms with Gasteiger partial charge in [0.05, 0.1) is 22.2 Å². The van der Waals surface area contributed by atoms with Gasteiger partial charge < -0.3 is 17.4 Å². The highest BCUT2D eigenvalue weighted by Gasteiger charge is 2.29. The molecule has 0 aliphatic carbocycles. The average molecular weight is 780 g/mol. The van der Waals surface area contributed by atoms with Crippen molar-refractivity contribution >= 4 is 63.9 Å². The van der Waals surface area contributed by atoms with Crippen molar-refractivity contribution in [3.8, 4) is 34.3 Å². The highest BCUT2D eigenvalue weighted by molar-refractivity contribution is 7.87. The molecule has 12 heteroatoms. The molecule has 278 valence electrons. The van der Waals surface area contributed by atoms with Crippen LogP contribution in [0.3, 0.4) is 0 Å². The van der Waals surface area contributed by atoms with Crippen molar-refractivity contribution in [1.29, 1.82) is 0 Å². The van der Waals surface area contributed by atoms with E-state index in [1.54, 1.807) is 30.3 Å². The molecule has 0 radical (unpaired) electrons. The predicted octanol–water partition coefficient (Wildman–Crippen LogP) is 9.99. The second kappa shape index (κ2) is 13.4. The molecule has 0 N–H and O–H groups in total. The van der Waals surface area contributed by atoms with Gasteiger partial charge in [-0.05, 0) is 80.1 Å². The lowest BCUT2D eigenvalue weighted by molar-refractivity contribution is 0.477. The Morgan fingerprint density at radius 2 is 1.11 bits per heavy atom. The Bertz CT molecular complexity index is 3230. The fourth-order valence-corrected chi connectivity index (χ4v) is 8.84. The van der Waals surface area contributed by atoms with Crippen molar-refractivity contribution in [2.24, 2.45) is 0 Å². The topological polar surface area (TPSA) is 131 Å². The van der Waals surface area contributed by atoms with Crippen LogP contribution >= 0.6 is 0 Å². The molecule has 9 rings (SSSR count). The number of aromatic nitrogens is 3. The van der Waals surface area contributed by atoms with E-state index in [0.717, 1.165) is 38.2 Å². The van der Waals surface area contributed by atoms with Crippen molar-refractivity contribution in [2.75, 3.05) is 0 Å². The first-order chi connectivity index (χ1) is 27.0. The summed E-state index contributed by atoms with van der Waals surface area (Å²) in [5.41, 5.74) is 4.39. The Morgan fingerprint density at radius 1 is 0.589 bits per heavy atom. The van der Waals surface area contributed by atoms with E-state index in [9.17, 15) is 16.8 Å². The maximum Gasteiger partial charge on any atom is 0.339 e. The van der Waals surface area contributed by atoms with Crippen LogP contribution in [0, 0.1) is 13.8 Å². The average Bonchev–Trinajstić information content (AvgIpc) is 3.81. The lowest BCUT2D eigenvalue weighted by Gasteiger charge is -2.17. The van der Waals surface area contributed by atoms with E-state index in [4.69, 9.17) is 22.8 Å². The zero-order valence-electron chi connectivity index (χ0n) is 30.4. The van der Waals surface area contributed by atoms with E-state index in [-0.39, 0.29) is 38.3 Å². The van der Waals surface area contributed by atoms with Gasteiger partial charge in [-0.15, -0.1) is 0 Å². The lowest BCUT2D eigenvalue weighted by atomic mass is 10.1. The molecule has 0 unspecified atom stereocenters. The summed E-state index contributed by atoms with van der Waals surface area (Å²) in [5.74, 6) is 0.0170. The SMILES string of the molecule is CCn1c(-c2cc(OS(=O)(=O)c3ccc(C)cc3)c(-c3nc4ccc5ccccc5c4o3)cc2OS(=O)(=O)c2ccc(C)cc2)nc2ccc3ccccc3c21. The van der Waals surface area contributed by atoms with Crippen molar-refractivity contribution in [3.05, 3.63) is 145 Å². The first kappa shape index (κ1) is 35.2. The molecule has 0 atom stereocenters. The van der Waals surface area contributed by atoms with Crippen LogP contribution in [0.25, 0.3) is 66.5 Å². The number of benzene rings is 7. The van der Waals surface area contributed by atoms with E-state index in [0.29, 0.717) is 29.0 Å². The highest BCUT2D eigenvalue weighted by Crippen LogP contribution is 2.45. The van der Waals surface area contributed by atoms with Crippen LogP contribution in [-0.2, 0) is 26.8 Å². The van der Waals surface area contributed by atoms with E-state index >= 15 is 0 Å². The van der Waals surface area contributed by atoms with Gasteiger partial charge in [0.2, 0.25) is 5.89 Å². The smallest absolute Gasteiger partial charge is 0.339 e. The summed E-state index contributed by atoms with van der Waals surface area (Å²) < 4.78 is 76.5. The van der Waals surface area contributed by atoms with Crippen LogP contribution in [0.2, 0.25) is 0 Å². The molecular formula is C44H33N3O7S2. The molecule has 2 aromatic heterocycles. The van der Waals surface area contributed by atoms with Crippen LogP contribution in [0.4, 0.5) is 0 Å². The van der Waals surface area contributed by atoms with Crippen LogP contribution in [-0.4, -0.2) is 31.4 Å². The molecule has 0 spiro atoms. The number of aryl methyl sites for hydroxylation is 3. The van der Waals surface area contributed by atoms with Crippen LogP contribution in [0.5, 0.6) is 11.5 Å². The second-order valence-corrected chi connectivity index (χ2v) is 16.6. The predicted molar refractivity (Wildman–Crippen MR) is 217 cm³/mol. The molecule has 0 bridgehead atoms. The fraction of sp³-hybridized carbons (Fsp3) is 0.0909. The van der Waals surface area contributed by atoms with Gasteiger partial charge >= 0.3 is 20.2 Å². The first-order valence-corrected chi connectivity index (χ1v) is 20.7. The third kappa shape index (κ3) is 6.12. The third-order valence-electron chi connectivity index (χ3n) is 9.80. The van der Waals surface area contributed by atoms with Gasteiger partial charge in [-0.25, -0.2) is 9.97 Å². The van der Waals surface area contributed by atoms with Crippen molar-refractivity contribution in [2.45, 2.75) is 37.1 Å². The minimum absolute atomic E-state index is 0.00965. The third-order valence-corrected chi connectivity index (χ3v) is 12.3. The quantitative estimate of drug-likeness (QED) is 0.131. The molecule has 0 amide bonds. The minimum Gasteiger partial charge on any atom is -0.435 e. The molecule has 9 aromatic rings. The van der Waals surface area contributed by atoms with Gasteiger partial charge in [-0.2, -0.15) is 16.8 Å². The number of fused-ring (bicyclic) bond motifs is 6. The largest absolute Gasteiger partial charge is 0.435 e. The molecule has 0 saturated heterocycles. The van der Waals surface area contributed by atoms with Gasteiger partial charge in [0.25, 0.3) is 0 Å². The van der Waals surface area contributed by atoms with Gasteiger partial charge in [-0.3, -0.25) is 0 Å². The van der Waals surface area contributed by atoms with Crippen LogP contribution in [0.15, 0.2) is 148 Å². The number of nitrogens with zero attached hydrogens (tertiary/aromatic N) is 3. The zero-order chi connectivity index (χ0) is 38.8. The maximum absolute atomic E-state index is 14.0. The molecule has 0 fully saturated rings. The summed E-state index contributed by atoms with van der Waals surface area (Å²) >= 11 is 0. The van der Waals surface area contributed by atoms with Crippen molar-refractivity contribution < 1.29 is 29.6 Å². The highest BCUT2D eigenvalue weighted by atomic mass is 32.2. The molecular weight excluding hydrogens is 747 g/mol. The van der Waals surface area contributed by atoms with Gasteiger partial charge in [0.1, 0.15) is 21.1 Å². The Morgan fingerprint density at radius 3 is 1.71 bits per heavy atom. The monoisotopic (exact) mass is 779 g/mol. The number of imidazole rings is 1. The standard InChI is InChI=1S/C44H33N3O7S2/c1-4-47-41-33-11-7-5-9-29(33)17-23-37(41)45-43(47)35-25-40(54-56(50,51)32-21-15-28(3)16-22-32)36(26-39(35)53-55(48,49)31-19-13-27(2)14-20-31)44-46-38-24-18-30-10-6-8-12-34(30)42(38)52-44/h5-26H,4H2,1-3H3. The first-order valence-electron chi connectivity index (χ1n) is 17.9. The van der Waals surface area contributed by atoms with Crippen LogP contribution in [0.1, 0.15) is 18.1 Å². The number of hydrogen-bond acceptors (Lipinski definition) is 9. The molecule has 0 saturated carbocycles. The minimum atomic E-state index is -4.44. The molecule has 7 aromatic carbocycles. The number of oxazole rings is 1. The lowest BCUT2D eigenvalue weighted by Crippen LogP contribution is -2.13. The van der Waals surface area contributed by atoms with Gasteiger partial charge in [-0.1, -0.05) is 96.1 Å². The number of hydrogen-bond donors (Lipinski definition) is 0. The van der Waals surface area contributed by atoms with Crippen molar-refractivity contribution in [3.63, 3.8) is 0 Å². The summed E-state index contributed by atoms with van der Waals surface area (Å²) in [6.45, 7) is 6.09. The second-order valence-electron chi connectivity index (χ2n) is 13.5. The zero-order valence-corrected chi connectivity index (χ0v) is 32.1. The van der Waals surface area contributed by atoms with E-state index in [2.05, 4.69) is 0 Å². The Labute approximate surface area is 322 Å². The summed E-state index contributed by atoms with van der Waals surface area (Å²) in [5, 5.41) is 3.63. The summed E-state index contributed by atoms with van der Waals surface area (Å²) in [6.07, 6.45) is 0. The van der Waals surface area contributed by atoms with E-state index < -0.39 is 20.2 Å². The summed E-state index contributed by atoms with van der Waals surface area (Å²) in [7, 11) is -8.88. The summed E-state index contributed by atoms with van der Waals surface area (Å²) in [6, 6.07) is 38.5. The van der Waals surface area contributed by atoms with E-state index in [1.165, 1.54) is 36.4 Å². The molecule has 56 heavy (non-hydrogen) atoms.